The Kier molecular flexibility index (Phi) is 3.59. The molecule has 1 heterocycles. The van der Waals surface area contributed by atoms with Crippen LogP contribution in [0.15, 0.2) is 35.9 Å². The van der Waals surface area contributed by atoms with E-state index in [1.165, 1.54) is 18.2 Å². The highest BCUT2D eigenvalue weighted by Crippen LogP contribution is 2.24. The molecule has 1 aliphatic heterocycles. The predicted molar refractivity (Wildman–Crippen MR) is 66.6 cm³/mol. The molecule has 1 aliphatic rings. The van der Waals surface area contributed by atoms with Crippen molar-refractivity contribution in [2.45, 2.75) is 19.4 Å². The highest BCUT2D eigenvalue weighted by atomic mass is 16.5. The molecule has 2 rings (SSSR count). The molecule has 3 heteroatoms. The van der Waals surface area contributed by atoms with E-state index in [4.69, 9.17) is 4.74 Å². The van der Waals surface area contributed by atoms with E-state index in [0.717, 1.165) is 18.5 Å². The summed E-state index contributed by atoms with van der Waals surface area (Å²) in [6.45, 7) is 2.89. The van der Waals surface area contributed by atoms with E-state index < -0.39 is 0 Å². The van der Waals surface area contributed by atoms with Crippen LogP contribution in [-0.2, 0) is 9.53 Å². The minimum absolute atomic E-state index is 0.110. The lowest BCUT2D eigenvalue weighted by Crippen LogP contribution is -2.28. The molecule has 1 aromatic rings. The predicted octanol–water partition coefficient (Wildman–Crippen LogP) is 2.13. The third-order valence-electron chi connectivity index (χ3n) is 3.10. The molecule has 90 valence electrons. The summed E-state index contributed by atoms with van der Waals surface area (Å²) in [4.78, 5) is 11.5. The number of carbonyl (C=O) groups excluding carboxylic acids is 1. The summed E-state index contributed by atoms with van der Waals surface area (Å²) in [6, 6.07) is 8.32. The molecule has 1 unspecified atom stereocenters. The standard InChI is InChI=1S/C14H17NO2/c1-10-5-3-4-6-12(10)13-9-11(7-8-15-13)14(16)17-2/h3-6,9,13,15H,7-8H2,1-2H3. The lowest BCUT2D eigenvalue weighted by Gasteiger charge is -2.23. The molecule has 0 fully saturated rings. The zero-order chi connectivity index (χ0) is 12.3. The second-order valence-electron chi connectivity index (χ2n) is 4.22. The van der Waals surface area contributed by atoms with E-state index >= 15 is 0 Å². The number of hydrogen-bond donors (Lipinski definition) is 1. The first-order chi connectivity index (χ1) is 8.22. The Hall–Kier alpha value is -1.61. The maximum Gasteiger partial charge on any atom is 0.333 e. The van der Waals surface area contributed by atoms with Crippen LogP contribution in [0.3, 0.4) is 0 Å². The fourth-order valence-electron chi connectivity index (χ4n) is 2.14. The van der Waals surface area contributed by atoms with E-state index in [9.17, 15) is 4.79 Å². The van der Waals surface area contributed by atoms with Crippen molar-refractivity contribution < 1.29 is 9.53 Å². The summed E-state index contributed by atoms with van der Waals surface area (Å²) < 4.78 is 4.77. The monoisotopic (exact) mass is 231 g/mol. The Labute approximate surface area is 101 Å². The van der Waals surface area contributed by atoms with Crippen molar-refractivity contribution >= 4 is 5.97 Å². The fourth-order valence-corrected chi connectivity index (χ4v) is 2.14. The van der Waals surface area contributed by atoms with Gasteiger partial charge in [-0.1, -0.05) is 30.3 Å². The second-order valence-corrected chi connectivity index (χ2v) is 4.22. The molecule has 17 heavy (non-hydrogen) atoms. The van der Waals surface area contributed by atoms with Crippen molar-refractivity contribution in [1.29, 1.82) is 0 Å². The maximum absolute atomic E-state index is 11.5. The number of nitrogens with one attached hydrogen (secondary N) is 1. The van der Waals surface area contributed by atoms with Crippen molar-refractivity contribution in [3.8, 4) is 0 Å². The van der Waals surface area contributed by atoms with Gasteiger partial charge in [0.05, 0.1) is 13.2 Å². The lowest BCUT2D eigenvalue weighted by atomic mass is 9.95. The Morgan fingerprint density at radius 3 is 2.88 bits per heavy atom. The lowest BCUT2D eigenvalue weighted by molar-refractivity contribution is -0.136. The maximum atomic E-state index is 11.5. The van der Waals surface area contributed by atoms with Crippen molar-refractivity contribution in [3.05, 3.63) is 47.0 Å². The van der Waals surface area contributed by atoms with Crippen LogP contribution in [-0.4, -0.2) is 19.6 Å². The normalized spacial score (nSPS) is 19.6. The third kappa shape index (κ3) is 2.56. The molecule has 0 amide bonds. The van der Waals surface area contributed by atoms with Crippen LogP contribution in [0.4, 0.5) is 0 Å². The van der Waals surface area contributed by atoms with E-state index in [2.05, 4.69) is 24.4 Å². The average molecular weight is 231 g/mol. The highest BCUT2D eigenvalue weighted by Gasteiger charge is 2.20. The summed E-state index contributed by atoms with van der Waals surface area (Å²) in [5, 5.41) is 3.40. The molecule has 0 aromatic heterocycles. The smallest absolute Gasteiger partial charge is 0.333 e. The van der Waals surface area contributed by atoms with Crippen molar-refractivity contribution in [2.24, 2.45) is 0 Å². The fraction of sp³-hybridized carbons (Fsp3) is 0.357. The van der Waals surface area contributed by atoms with Crippen LogP contribution in [0.25, 0.3) is 0 Å². The number of carbonyl (C=O) groups is 1. The molecular weight excluding hydrogens is 214 g/mol. The van der Waals surface area contributed by atoms with Gasteiger partial charge in [-0.3, -0.25) is 0 Å². The summed E-state index contributed by atoms with van der Waals surface area (Å²) in [6.07, 6.45) is 2.70. The molecule has 0 aliphatic carbocycles. The Bertz CT molecular complexity index is 451. The van der Waals surface area contributed by atoms with Gasteiger partial charge in [0, 0.05) is 12.1 Å². The minimum atomic E-state index is -0.218. The first kappa shape index (κ1) is 11.9. The van der Waals surface area contributed by atoms with Gasteiger partial charge < -0.3 is 10.1 Å². The SMILES string of the molecule is COC(=O)C1=CC(c2ccccc2C)NCC1. The Morgan fingerprint density at radius 2 is 2.18 bits per heavy atom. The number of ether oxygens (including phenoxy) is 1. The van der Waals surface area contributed by atoms with Crippen molar-refractivity contribution in [3.63, 3.8) is 0 Å². The minimum Gasteiger partial charge on any atom is -0.466 e. The van der Waals surface area contributed by atoms with Gasteiger partial charge in [-0.25, -0.2) is 4.79 Å². The molecular formula is C14H17NO2. The molecule has 0 saturated heterocycles. The Balaban J connectivity index is 2.28. The highest BCUT2D eigenvalue weighted by molar-refractivity contribution is 5.88. The quantitative estimate of drug-likeness (QED) is 0.792. The zero-order valence-electron chi connectivity index (χ0n) is 10.2. The van der Waals surface area contributed by atoms with Gasteiger partial charge in [-0.15, -0.1) is 0 Å². The van der Waals surface area contributed by atoms with E-state index in [0.29, 0.717) is 0 Å². The van der Waals surface area contributed by atoms with E-state index in [1.54, 1.807) is 0 Å². The van der Waals surface area contributed by atoms with Gasteiger partial charge in [-0.05, 0) is 24.5 Å². The van der Waals surface area contributed by atoms with Crippen LogP contribution < -0.4 is 5.32 Å². The zero-order valence-corrected chi connectivity index (χ0v) is 10.2. The van der Waals surface area contributed by atoms with Crippen molar-refractivity contribution in [2.75, 3.05) is 13.7 Å². The number of esters is 1. The first-order valence-electron chi connectivity index (χ1n) is 5.80. The van der Waals surface area contributed by atoms with Crippen molar-refractivity contribution in [1.82, 2.24) is 5.32 Å². The number of hydrogen-bond acceptors (Lipinski definition) is 3. The second kappa shape index (κ2) is 5.15. The third-order valence-corrected chi connectivity index (χ3v) is 3.10. The summed E-state index contributed by atoms with van der Waals surface area (Å²) >= 11 is 0. The molecule has 0 radical (unpaired) electrons. The van der Waals surface area contributed by atoms with Gasteiger partial charge in [-0.2, -0.15) is 0 Å². The van der Waals surface area contributed by atoms with Crippen LogP contribution in [0.5, 0.6) is 0 Å². The number of methoxy groups -OCH3 is 1. The largest absolute Gasteiger partial charge is 0.466 e. The van der Waals surface area contributed by atoms with Gasteiger partial charge in [0.25, 0.3) is 0 Å². The topological polar surface area (TPSA) is 38.3 Å². The molecule has 1 aromatic carbocycles. The molecule has 0 spiro atoms. The first-order valence-corrected chi connectivity index (χ1v) is 5.80. The molecule has 1 N–H and O–H groups in total. The number of benzene rings is 1. The van der Waals surface area contributed by atoms with Gasteiger partial charge in [0.2, 0.25) is 0 Å². The van der Waals surface area contributed by atoms with Crippen LogP contribution in [0.2, 0.25) is 0 Å². The summed E-state index contributed by atoms with van der Waals surface area (Å²) in [7, 11) is 1.42. The van der Waals surface area contributed by atoms with E-state index in [-0.39, 0.29) is 12.0 Å². The average Bonchev–Trinajstić information content (AvgIpc) is 2.38. The summed E-state index contributed by atoms with van der Waals surface area (Å²) in [5.74, 6) is -0.218. The van der Waals surface area contributed by atoms with Crippen LogP contribution in [0.1, 0.15) is 23.6 Å². The molecule has 1 atom stereocenters. The summed E-state index contributed by atoms with van der Waals surface area (Å²) in [5.41, 5.74) is 3.21. The number of rotatable bonds is 2. The van der Waals surface area contributed by atoms with Gasteiger partial charge in [0.1, 0.15) is 0 Å². The van der Waals surface area contributed by atoms with Crippen LogP contribution in [0, 0.1) is 6.92 Å². The Morgan fingerprint density at radius 1 is 1.41 bits per heavy atom. The van der Waals surface area contributed by atoms with Gasteiger partial charge in [0.15, 0.2) is 0 Å². The molecule has 3 nitrogen and oxygen atoms in total. The van der Waals surface area contributed by atoms with Crippen LogP contribution >= 0.6 is 0 Å². The molecule has 0 bridgehead atoms. The van der Waals surface area contributed by atoms with E-state index in [1.807, 2.05) is 18.2 Å². The molecule has 0 saturated carbocycles. The number of aryl methyl sites for hydroxylation is 1. The van der Waals surface area contributed by atoms with Gasteiger partial charge >= 0.3 is 5.97 Å².